The predicted molar refractivity (Wildman–Crippen MR) is 133 cm³/mol. The van der Waals surface area contributed by atoms with Crippen LogP contribution in [0.3, 0.4) is 0 Å². The van der Waals surface area contributed by atoms with Gasteiger partial charge in [0.2, 0.25) is 0 Å². The van der Waals surface area contributed by atoms with Crippen molar-refractivity contribution in [1.29, 1.82) is 0 Å². The minimum absolute atomic E-state index is 0.241. The van der Waals surface area contributed by atoms with Gasteiger partial charge in [-0.05, 0) is 52.0 Å². The van der Waals surface area contributed by atoms with E-state index in [4.69, 9.17) is 0 Å². The maximum atomic E-state index is 3.85. The van der Waals surface area contributed by atoms with Gasteiger partial charge in [0.15, 0.2) is 0 Å². The van der Waals surface area contributed by atoms with E-state index in [0.29, 0.717) is 4.75 Å². The number of thioether (sulfide) groups is 2. The molecule has 0 atom stereocenters. The summed E-state index contributed by atoms with van der Waals surface area (Å²) in [6.07, 6.45) is 16.8. The Morgan fingerprint density at radius 3 is 1.67 bits per heavy atom. The van der Waals surface area contributed by atoms with E-state index in [1.54, 1.807) is 0 Å². The molecule has 1 N–H and O–H groups in total. The molecule has 0 saturated carbocycles. The summed E-state index contributed by atoms with van der Waals surface area (Å²) in [5.74, 6) is 3.86. The number of rotatable bonds is 20. The molecule has 0 aliphatic rings. The zero-order chi connectivity index (χ0) is 20.4. The van der Waals surface area contributed by atoms with Crippen molar-refractivity contribution in [2.45, 2.75) is 129 Å². The highest BCUT2D eigenvalue weighted by Gasteiger charge is 2.23. The molecule has 0 aromatic carbocycles. The van der Waals surface area contributed by atoms with Crippen LogP contribution in [0.25, 0.3) is 0 Å². The van der Waals surface area contributed by atoms with Crippen LogP contribution in [0.2, 0.25) is 0 Å². The second kappa shape index (κ2) is 17.5. The molecular weight excluding hydrogens is 366 g/mol. The zero-order valence-electron chi connectivity index (χ0n) is 19.6. The Balaban J connectivity index is 3.70. The molecule has 0 aromatic rings. The fraction of sp³-hybridized carbons (Fsp3) is 1.00. The third kappa shape index (κ3) is 19.7. The van der Waals surface area contributed by atoms with Gasteiger partial charge in [0.25, 0.3) is 0 Å². The van der Waals surface area contributed by atoms with Crippen LogP contribution >= 0.6 is 23.5 Å². The van der Waals surface area contributed by atoms with Gasteiger partial charge in [-0.25, -0.2) is 0 Å². The Morgan fingerprint density at radius 1 is 0.630 bits per heavy atom. The molecule has 0 aliphatic carbocycles. The molecule has 0 saturated heterocycles. The summed E-state index contributed by atoms with van der Waals surface area (Å²) in [5.41, 5.74) is 0.241. The lowest BCUT2D eigenvalue weighted by atomic mass is 10.1. The first-order valence-electron chi connectivity index (χ1n) is 11.8. The summed E-state index contributed by atoms with van der Waals surface area (Å²) in [6.45, 7) is 15.2. The normalized spacial score (nSPS) is 12.7. The molecule has 0 spiro atoms. The smallest absolute Gasteiger partial charge is 0.0228 e. The van der Waals surface area contributed by atoms with Gasteiger partial charge in [-0.3, -0.25) is 0 Å². The maximum absolute atomic E-state index is 3.85. The fourth-order valence-corrected chi connectivity index (χ4v) is 5.34. The third-order valence-corrected chi connectivity index (χ3v) is 8.01. The van der Waals surface area contributed by atoms with Gasteiger partial charge in [-0.2, -0.15) is 23.5 Å². The van der Waals surface area contributed by atoms with Crippen LogP contribution in [0.4, 0.5) is 0 Å². The third-order valence-electron chi connectivity index (χ3n) is 5.09. The van der Waals surface area contributed by atoms with E-state index < -0.39 is 0 Å². The first-order valence-corrected chi connectivity index (χ1v) is 13.9. The van der Waals surface area contributed by atoms with E-state index in [-0.39, 0.29) is 5.54 Å². The van der Waals surface area contributed by atoms with Crippen LogP contribution < -0.4 is 5.32 Å². The van der Waals surface area contributed by atoms with Gasteiger partial charge in [0, 0.05) is 22.6 Å². The SMILES string of the molecule is CCCCCCCCSCC(C)(C)NCC(C)(C)SCCCCCCCC. The fourth-order valence-electron chi connectivity index (χ4n) is 3.10. The van der Waals surface area contributed by atoms with Crippen LogP contribution in [0, 0.1) is 0 Å². The highest BCUT2D eigenvalue weighted by atomic mass is 32.2. The molecule has 0 rings (SSSR count). The second-order valence-electron chi connectivity index (χ2n) is 9.43. The molecule has 3 heteroatoms. The van der Waals surface area contributed by atoms with Gasteiger partial charge in [-0.15, -0.1) is 0 Å². The molecular formula is C24H51NS2. The van der Waals surface area contributed by atoms with Gasteiger partial charge in [0.05, 0.1) is 0 Å². The number of nitrogens with one attached hydrogen (secondary N) is 1. The number of hydrogen-bond acceptors (Lipinski definition) is 3. The summed E-state index contributed by atoms with van der Waals surface area (Å²) in [4.78, 5) is 0. The van der Waals surface area contributed by atoms with Crippen molar-refractivity contribution in [2.24, 2.45) is 0 Å². The van der Waals surface area contributed by atoms with Gasteiger partial charge < -0.3 is 5.32 Å². The summed E-state index contributed by atoms with van der Waals surface area (Å²) in [7, 11) is 0. The summed E-state index contributed by atoms with van der Waals surface area (Å²) < 4.78 is 0.338. The van der Waals surface area contributed by atoms with Crippen molar-refractivity contribution in [3.8, 4) is 0 Å². The highest BCUT2D eigenvalue weighted by molar-refractivity contribution is 8.00. The molecule has 0 amide bonds. The lowest BCUT2D eigenvalue weighted by Crippen LogP contribution is -2.47. The van der Waals surface area contributed by atoms with Gasteiger partial charge in [0.1, 0.15) is 0 Å². The lowest BCUT2D eigenvalue weighted by molar-refractivity contribution is 0.412. The van der Waals surface area contributed by atoms with E-state index in [0.717, 1.165) is 6.54 Å². The largest absolute Gasteiger partial charge is 0.310 e. The van der Waals surface area contributed by atoms with Crippen molar-refractivity contribution < 1.29 is 0 Å². The Bertz CT molecular complexity index is 316. The van der Waals surface area contributed by atoms with Crippen LogP contribution in [0.1, 0.15) is 119 Å². The highest BCUT2D eigenvalue weighted by Crippen LogP contribution is 2.26. The van der Waals surface area contributed by atoms with E-state index in [9.17, 15) is 0 Å². The van der Waals surface area contributed by atoms with E-state index in [1.807, 2.05) is 0 Å². The van der Waals surface area contributed by atoms with Gasteiger partial charge >= 0.3 is 0 Å². The van der Waals surface area contributed by atoms with E-state index >= 15 is 0 Å². The monoisotopic (exact) mass is 417 g/mol. The molecule has 0 aromatic heterocycles. The average molecular weight is 418 g/mol. The van der Waals surface area contributed by atoms with Crippen molar-refractivity contribution in [3.05, 3.63) is 0 Å². The van der Waals surface area contributed by atoms with Crippen molar-refractivity contribution >= 4 is 23.5 Å². The van der Waals surface area contributed by atoms with Crippen LogP contribution in [0.15, 0.2) is 0 Å². The Morgan fingerprint density at radius 2 is 1.11 bits per heavy atom. The molecule has 27 heavy (non-hydrogen) atoms. The Hall–Kier alpha value is 0.660. The molecule has 0 radical (unpaired) electrons. The maximum Gasteiger partial charge on any atom is 0.0228 e. The summed E-state index contributed by atoms with van der Waals surface area (Å²) in [5, 5.41) is 3.85. The Labute approximate surface area is 181 Å². The van der Waals surface area contributed by atoms with Crippen LogP contribution in [-0.4, -0.2) is 34.1 Å². The minimum atomic E-state index is 0.241. The van der Waals surface area contributed by atoms with Crippen molar-refractivity contribution in [1.82, 2.24) is 5.32 Å². The second-order valence-corrected chi connectivity index (χ2v) is 12.3. The molecule has 0 unspecified atom stereocenters. The predicted octanol–water partition coefficient (Wildman–Crippen LogP) is 8.32. The molecule has 0 bridgehead atoms. The number of unbranched alkanes of at least 4 members (excludes halogenated alkanes) is 10. The molecule has 0 fully saturated rings. The Kier molecular flexibility index (Phi) is 17.9. The first-order chi connectivity index (χ1) is 12.8. The molecule has 1 nitrogen and oxygen atoms in total. The van der Waals surface area contributed by atoms with Crippen LogP contribution in [0.5, 0.6) is 0 Å². The quantitative estimate of drug-likeness (QED) is 0.200. The van der Waals surface area contributed by atoms with E-state index in [1.165, 1.54) is 94.3 Å². The zero-order valence-corrected chi connectivity index (χ0v) is 21.3. The van der Waals surface area contributed by atoms with Crippen molar-refractivity contribution in [2.75, 3.05) is 23.8 Å². The molecule has 0 aliphatic heterocycles. The van der Waals surface area contributed by atoms with E-state index in [2.05, 4.69) is 70.4 Å². The summed E-state index contributed by atoms with van der Waals surface area (Å²) >= 11 is 4.29. The van der Waals surface area contributed by atoms with Crippen LogP contribution in [-0.2, 0) is 0 Å². The molecule has 164 valence electrons. The molecule has 0 heterocycles. The topological polar surface area (TPSA) is 12.0 Å². The average Bonchev–Trinajstić information content (AvgIpc) is 2.62. The first kappa shape index (κ1) is 27.7. The van der Waals surface area contributed by atoms with Crippen molar-refractivity contribution in [3.63, 3.8) is 0 Å². The summed E-state index contributed by atoms with van der Waals surface area (Å²) in [6, 6.07) is 0. The lowest BCUT2D eigenvalue weighted by Gasteiger charge is -2.32. The minimum Gasteiger partial charge on any atom is -0.310 e. The number of hydrogen-bond donors (Lipinski definition) is 1. The standard InChI is InChI=1S/C24H51NS2/c1-7-9-11-13-15-17-19-26-22-23(3,4)25-21-24(5,6)27-20-18-16-14-12-10-8-2/h25H,7-22H2,1-6H3. The van der Waals surface area contributed by atoms with Gasteiger partial charge in [-0.1, -0.05) is 78.1 Å².